The van der Waals surface area contributed by atoms with Gasteiger partial charge >= 0.3 is 23.9 Å². The summed E-state index contributed by atoms with van der Waals surface area (Å²) >= 11 is 0. The highest BCUT2D eigenvalue weighted by molar-refractivity contribution is 5.68. The largest absolute Gasteiger partial charge is 0.463 e. The Morgan fingerprint density at radius 3 is 1.93 bits per heavy atom. The van der Waals surface area contributed by atoms with Crippen LogP contribution in [0.3, 0.4) is 0 Å². The normalized spacial score (nSPS) is 30.0. The molecule has 0 unspecified atom stereocenters. The maximum Gasteiger partial charge on any atom is 0.303 e. The van der Waals surface area contributed by atoms with Crippen molar-refractivity contribution in [2.24, 2.45) is 0 Å². The minimum Gasteiger partial charge on any atom is -0.463 e. The first-order valence-electron chi connectivity index (χ1n) is 8.16. The molecule has 0 aromatic carbocycles. The number of ether oxygens (including phenoxy) is 5. The number of carbonyl (C=O) groups excluding carboxylic acids is 4. The molecule has 0 amide bonds. The van der Waals surface area contributed by atoms with Crippen LogP contribution in [-0.4, -0.2) is 65.8 Å². The van der Waals surface area contributed by atoms with Gasteiger partial charge in [0.1, 0.15) is 12.7 Å². The van der Waals surface area contributed by atoms with E-state index in [2.05, 4.69) is 6.58 Å². The molecule has 1 rings (SSSR count). The van der Waals surface area contributed by atoms with Crippen molar-refractivity contribution in [3.8, 4) is 0 Å². The fourth-order valence-corrected chi connectivity index (χ4v) is 2.73. The van der Waals surface area contributed by atoms with E-state index in [0.717, 1.165) is 27.7 Å². The third-order valence-corrected chi connectivity index (χ3v) is 3.57. The van der Waals surface area contributed by atoms with Crippen molar-refractivity contribution in [2.75, 3.05) is 6.61 Å². The molecule has 27 heavy (non-hydrogen) atoms. The summed E-state index contributed by atoms with van der Waals surface area (Å²) in [5.74, 6) is -5.11. The van der Waals surface area contributed by atoms with E-state index in [4.69, 9.17) is 23.7 Å². The summed E-state index contributed by atoms with van der Waals surface area (Å²) in [6.07, 6.45) is -4.34. The molecule has 0 aromatic rings. The van der Waals surface area contributed by atoms with Crippen LogP contribution in [0.15, 0.2) is 12.7 Å². The van der Waals surface area contributed by atoms with Crippen LogP contribution in [-0.2, 0) is 42.9 Å². The highest BCUT2D eigenvalue weighted by Crippen LogP contribution is 2.36. The lowest BCUT2D eigenvalue weighted by atomic mass is 9.90. The van der Waals surface area contributed by atoms with E-state index >= 15 is 0 Å². The number of hydrogen-bond acceptors (Lipinski definition) is 10. The average molecular weight is 388 g/mol. The summed E-state index contributed by atoms with van der Waals surface area (Å²) in [4.78, 5) is 45.8. The second-order valence-electron chi connectivity index (χ2n) is 5.97. The molecule has 1 saturated heterocycles. The van der Waals surface area contributed by atoms with Crippen LogP contribution in [0, 0.1) is 0 Å². The quantitative estimate of drug-likeness (QED) is 0.361. The van der Waals surface area contributed by atoms with E-state index in [1.54, 1.807) is 0 Å². The lowest BCUT2D eigenvalue weighted by Gasteiger charge is -2.48. The Balaban J connectivity index is 3.38. The predicted molar refractivity (Wildman–Crippen MR) is 87.9 cm³/mol. The van der Waals surface area contributed by atoms with Crippen molar-refractivity contribution >= 4 is 23.9 Å². The van der Waals surface area contributed by atoms with Gasteiger partial charge < -0.3 is 28.8 Å². The van der Waals surface area contributed by atoms with Crippen LogP contribution in [0.2, 0.25) is 0 Å². The third-order valence-electron chi connectivity index (χ3n) is 3.57. The molecule has 0 aliphatic carbocycles. The minimum absolute atomic E-state index is 0.216. The summed E-state index contributed by atoms with van der Waals surface area (Å²) in [7, 11) is 0. The summed E-state index contributed by atoms with van der Waals surface area (Å²) in [6.45, 7) is 7.55. The first-order valence-corrected chi connectivity index (χ1v) is 8.16. The molecule has 5 atom stereocenters. The number of carbonyl (C=O) groups is 4. The number of aliphatic hydroxyl groups is 1. The van der Waals surface area contributed by atoms with Gasteiger partial charge in [-0.05, 0) is 0 Å². The van der Waals surface area contributed by atoms with E-state index in [1.807, 2.05) is 0 Å². The zero-order valence-corrected chi connectivity index (χ0v) is 15.6. The number of rotatable bonds is 7. The lowest BCUT2D eigenvalue weighted by Crippen LogP contribution is -2.68. The Morgan fingerprint density at radius 1 is 0.963 bits per heavy atom. The molecule has 1 fully saturated rings. The van der Waals surface area contributed by atoms with E-state index in [-0.39, 0.29) is 6.42 Å². The summed E-state index contributed by atoms with van der Waals surface area (Å²) in [6, 6.07) is 0. The van der Waals surface area contributed by atoms with Gasteiger partial charge in [-0.3, -0.25) is 19.2 Å². The summed E-state index contributed by atoms with van der Waals surface area (Å²) in [5, 5.41) is 10.9. The van der Waals surface area contributed by atoms with Crippen molar-refractivity contribution in [1.29, 1.82) is 0 Å². The zero-order chi connectivity index (χ0) is 20.8. The van der Waals surface area contributed by atoms with E-state index in [1.165, 1.54) is 6.08 Å². The molecule has 0 spiro atoms. The van der Waals surface area contributed by atoms with E-state index in [9.17, 15) is 24.3 Å². The topological polar surface area (TPSA) is 135 Å². The minimum atomic E-state index is -2.16. The fourth-order valence-electron chi connectivity index (χ4n) is 2.73. The second-order valence-corrected chi connectivity index (χ2v) is 5.97. The fraction of sp³-hybridized carbons (Fsp3) is 0.647. The standard InChI is InChI=1S/C17H24O10/c1-6-7-17(22)16(26-12(5)21)15(25-11(4)20)14(24-10(3)19)13(27-17)8-23-9(2)18/h6,13-16,22H,1,7-8H2,2-5H3/t13-,14-,15+,16-,17-/m1/s1. The van der Waals surface area contributed by atoms with Crippen LogP contribution >= 0.6 is 0 Å². The Labute approximate surface area is 156 Å². The van der Waals surface area contributed by atoms with Crippen molar-refractivity contribution in [3.05, 3.63) is 12.7 Å². The first kappa shape index (κ1) is 22.6. The van der Waals surface area contributed by atoms with Gasteiger partial charge in [0.15, 0.2) is 18.3 Å². The SMILES string of the molecule is C=CC[C@@]1(O)O[C@H](COC(C)=O)[C@@H](OC(C)=O)[C@H](OC(C)=O)[C@H]1OC(C)=O. The molecular formula is C17H24O10. The Morgan fingerprint density at radius 2 is 1.48 bits per heavy atom. The van der Waals surface area contributed by atoms with Gasteiger partial charge in [0.25, 0.3) is 0 Å². The third kappa shape index (κ3) is 6.33. The molecule has 1 heterocycles. The van der Waals surface area contributed by atoms with Crippen LogP contribution < -0.4 is 0 Å². The molecule has 1 N–H and O–H groups in total. The van der Waals surface area contributed by atoms with Gasteiger partial charge in [0.05, 0.1) is 0 Å². The molecule has 0 aromatic heterocycles. The molecule has 1 aliphatic rings. The second kappa shape index (κ2) is 9.47. The van der Waals surface area contributed by atoms with E-state index in [0.29, 0.717) is 0 Å². The van der Waals surface area contributed by atoms with Crippen molar-refractivity contribution in [1.82, 2.24) is 0 Å². The molecule has 10 heteroatoms. The molecule has 0 radical (unpaired) electrons. The smallest absolute Gasteiger partial charge is 0.303 e. The van der Waals surface area contributed by atoms with Gasteiger partial charge in [-0.25, -0.2) is 0 Å². The van der Waals surface area contributed by atoms with Gasteiger partial charge in [-0.2, -0.15) is 0 Å². The Kier molecular flexibility index (Phi) is 7.92. The highest BCUT2D eigenvalue weighted by atomic mass is 16.7. The van der Waals surface area contributed by atoms with Crippen molar-refractivity contribution in [2.45, 2.75) is 64.3 Å². The summed E-state index contributed by atoms with van der Waals surface area (Å²) in [5.41, 5.74) is 0. The molecule has 0 bridgehead atoms. The zero-order valence-electron chi connectivity index (χ0n) is 15.6. The average Bonchev–Trinajstić information content (AvgIpc) is 2.51. The van der Waals surface area contributed by atoms with Gasteiger partial charge in [-0.15, -0.1) is 6.58 Å². The predicted octanol–water partition coefficient (Wildman–Crippen LogP) is 0.00810. The summed E-state index contributed by atoms with van der Waals surface area (Å²) < 4.78 is 25.9. The van der Waals surface area contributed by atoms with Gasteiger partial charge in [0.2, 0.25) is 5.79 Å². The lowest BCUT2D eigenvalue weighted by molar-refractivity contribution is -0.350. The molecule has 0 saturated carbocycles. The van der Waals surface area contributed by atoms with Crippen molar-refractivity contribution in [3.63, 3.8) is 0 Å². The highest BCUT2D eigenvalue weighted by Gasteiger charge is 2.58. The van der Waals surface area contributed by atoms with Crippen molar-refractivity contribution < 1.29 is 48.0 Å². The van der Waals surface area contributed by atoms with E-state index < -0.39 is 60.7 Å². The molecule has 1 aliphatic heterocycles. The first-order chi connectivity index (χ1) is 12.5. The molecule has 152 valence electrons. The molecule has 10 nitrogen and oxygen atoms in total. The number of esters is 4. The number of hydrogen-bond donors (Lipinski definition) is 1. The van der Waals surface area contributed by atoms with Crippen LogP contribution in [0.5, 0.6) is 0 Å². The van der Waals surface area contributed by atoms with Gasteiger partial charge in [0, 0.05) is 34.1 Å². The van der Waals surface area contributed by atoms with Crippen LogP contribution in [0.4, 0.5) is 0 Å². The van der Waals surface area contributed by atoms with Gasteiger partial charge in [-0.1, -0.05) is 6.08 Å². The Bertz CT molecular complexity index is 601. The monoisotopic (exact) mass is 388 g/mol. The maximum atomic E-state index is 11.6. The van der Waals surface area contributed by atoms with Crippen LogP contribution in [0.25, 0.3) is 0 Å². The maximum absolute atomic E-state index is 11.6. The Hall–Kier alpha value is -2.46. The molecular weight excluding hydrogens is 364 g/mol. The van der Waals surface area contributed by atoms with Crippen LogP contribution in [0.1, 0.15) is 34.1 Å².